The lowest BCUT2D eigenvalue weighted by Crippen LogP contribution is -2.28. The molecule has 0 fully saturated rings. The van der Waals surface area contributed by atoms with Gasteiger partial charge in [-0.3, -0.25) is 14.2 Å². The fraction of sp³-hybridized carbons (Fsp3) is 0.550. The molecule has 0 aliphatic carbocycles. The maximum Gasteiger partial charge on any atom is 0.262 e. The Morgan fingerprint density at radius 1 is 1.12 bits per heavy atom. The Morgan fingerprint density at radius 3 is 2.58 bits per heavy atom. The molecule has 2 rings (SSSR count). The lowest BCUT2D eigenvalue weighted by atomic mass is 10.1. The van der Waals surface area contributed by atoms with Crippen molar-refractivity contribution < 1.29 is 4.79 Å². The first kappa shape index (κ1) is 20.4. The highest BCUT2D eigenvalue weighted by Gasteiger charge is 2.07. The third-order valence-corrected chi connectivity index (χ3v) is 4.88. The highest BCUT2D eigenvalue weighted by Crippen LogP contribution is 2.07. The van der Waals surface area contributed by atoms with Gasteiger partial charge in [-0.1, -0.05) is 57.6 Å². The van der Waals surface area contributed by atoms with Gasteiger partial charge in [-0.05, 0) is 30.8 Å². The minimum absolute atomic E-state index is 0.0366. The van der Waals surface area contributed by atoms with Crippen LogP contribution in [0.2, 0.25) is 0 Å². The molecular weight excluding hydrogens is 346 g/mol. The molecule has 0 bridgehead atoms. The second kappa shape index (κ2) is 10.9. The zero-order valence-corrected chi connectivity index (χ0v) is 16.4. The Bertz CT molecular complexity index is 826. The number of hydrogen-bond acceptors (Lipinski definition) is 3. The number of carbonyl (C=O) groups is 1. The second-order valence-electron chi connectivity index (χ2n) is 6.65. The van der Waals surface area contributed by atoms with Gasteiger partial charge < -0.3 is 10.3 Å². The Kier molecular flexibility index (Phi) is 8.54. The number of carbonyl (C=O) groups excluding carboxylic acids is 1. The van der Waals surface area contributed by atoms with Crippen LogP contribution in [-0.2, 0) is 11.3 Å². The molecule has 0 radical (unpaired) electrons. The summed E-state index contributed by atoms with van der Waals surface area (Å²) < 4.78 is 1.82. The summed E-state index contributed by atoms with van der Waals surface area (Å²) in [7, 11) is 0. The zero-order chi connectivity index (χ0) is 18.8. The van der Waals surface area contributed by atoms with Crippen molar-refractivity contribution in [2.24, 2.45) is 0 Å². The first-order valence-corrected chi connectivity index (χ1v) is 10.0. The topological polar surface area (TPSA) is 66.9 Å². The van der Waals surface area contributed by atoms with Gasteiger partial charge in [0.1, 0.15) is 0 Å². The van der Waals surface area contributed by atoms with E-state index in [1.54, 1.807) is 6.07 Å². The molecule has 1 amide bonds. The molecule has 1 aromatic heterocycles. The van der Waals surface area contributed by atoms with Crippen molar-refractivity contribution in [3.8, 4) is 0 Å². The van der Waals surface area contributed by atoms with Crippen LogP contribution in [0.4, 0.5) is 0 Å². The number of H-pyrrole nitrogens is 1. The molecular formula is C20H29N3O2S. The van der Waals surface area contributed by atoms with E-state index < -0.39 is 0 Å². The molecule has 0 unspecified atom stereocenters. The zero-order valence-electron chi connectivity index (χ0n) is 15.6. The first-order valence-electron chi connectivity index (χ1n) is 9.62. The average Bonchev–Trinajstić information content (AvgIpc) is 2.63. The highest BCUT2D eigenvalue weighted by atomic mass is 32.1. The molecule has 2 N–H and O–H groups in total. The van der Waals surface area contributed by atoms with Crippen molar-refractivity contribution in [1.82, 2.24) is 14.9 Å². The van der Waals surface area contributed by atoms with Gasteiger partial charge in [-0.2, -0.15) is 0 Å². The van der Waals surface area contributed by atoms with Crippen LogP contribution in [-0.4, -0.2) is 22.0 Å². The van der Waals surface area contributed by atoms with E-state index in [0.29, 0.717) is 23.2 Å². The quantitative estimate of drug-likeness (QED) is 0.454. The van der Waals surface area contributed by atoms with Gasteiger partial charge >= 0.3 is 0 Å². The van der Waals surface area contributed by atoms with E-state index in [0.717, 1.165) is 18.4 Å². The van der Waals surface area contributed by atoms with Gasteiger partial charge in [0.05, 0.1) is 10.9 Å². The number of hydrogen-bond donors (Lipinski definition) is 2. The molecule has 142 valence electrons. The number of fused-ring (bicyclic) bond motifs is 1. The Hall–Kier alpha value is -1.95. The van der Waals surface area contributed by atoms with Crippen LogP contribution in [0.5, 0.6) is 0 Å². The summed E-state index contributed by atoms with van der Waals surface area (Å²) in [5.41, 5.74) is 0.575. The van der Waals surface area contributed by atoms with E-state index in [1.165, 1.54) is 36.7 Å². The number of aromatic nitrogens is 2. The maximum absolute atomic E-state index is 12.5. The predicted molar refractivity (Wildman–Crippen MR) is 109 cm³/mol. The monoisotopic (exact) mass is 375 g/mol. The molecule has 5 nitrogen and oxygen atoms in total. The first-order chi connectivity index (χ1) is 12.6. The maximum atomic E-state index is 12.5. The summed E-state index contributed by atoms with van der Waals surface area (Å²) >= 11 is 5.26. The minimum atomic E-state index is -0.149. The third kappa shape index (κ3) is 6.09. The number of amides is 1. The Labute approximate surface area is 159 Å². The van der Waals surface area contributed by atoms with Crippen LogP contribution in [0, 0.1) is 4.77 Å². The van der Waals surface area contributed by atoms with Gasteiger partial charge in [-0.25, -0.2) is 0 Å². The van der Waals surface area contributed by atoms with Crippen LogP contribution in [0.1, 0.15) is 58.3 Å². The van der Waals surface area contributed by atoms with Crippen LogP contribution in [0.25, 0.3) is 10.9 Å². The smallest absolute Gasteiger partial charge is 0.262 e. The fourth-order valence-electron chi connectivity index (χ4n) is 3.01. The summed E-state index contributed by atoms with van der Waals surface area (Å²) in [6.45, 7) is 3.21. The van der Waals surface area contributed by atoms with Crippen LogP contribution < -0.4 is 10.9 Å². The van der Waals surface area contributed by atoms with Gasteiger partial charge in [0.2, 0.25) is 5.91 Å². The van der Waals surface area contributed by atoms with E-state index in [2.05, 4.69) is 17.2 Å². The van der Waals surface area contributed by atoms with E-state index in [9.17, 15) is 9.59 Å². The molecule has 0 atom stereocenters. The summed E-state index contributed by atoms with van der Waals surface area (Å²) in [5.74, 6) is -0.0366. The molecule has 0 aliphatic heterocycles. The van der Waals surface area contributed by atoms with Crippen molar-refractivity contribution in [3.05, 3.63) is 39.4 Å². The lowest BCUT2D eigenvalue weighted by Gasteiger charge is -2.09. The molecule has 0 saturated heterocycles. The minimum Gasteiger partial charge on any atom is -0.356 e. The van der Waals surface area contributed by atoms with E-state index in [4.69, 9.17) is 12.2 Å². The van der Waals surface area contributed by atoms with Crippen molar-refractivity contribution in [1.29, 1.82) is 0 Å². The molecule has 1 aromatic carbocycles. The number of aromatic amines is 1. The number of nitrogens with zero attached hydrogens (tertiary/aromatic N) is 1. The fourth-order valence-corrected chi connectivity index (χ4v) is 3.30. The normalized spacial score (nSPS) is 11.0. The van der Waals surface area contributed by atoms with Gasteiger partial charge in [0.25, 0.3) is 5.56 Å². The van der Waals surface area contributed by atoms with E-state index in [1.807, 2.05) is 18.2 Å². The second-order valence-corrected chi connectivity index (χ2v) is 7.04. The summed E-state index contributed by atoms with van der Waals surface area (Å²) in [5, 5.41) is 3.52. The summed E-state index contributed by atoms with van der Waals surface area (Å²) in [6, 6.07) is 7.26. The van der Waals surface area contributed by atoms with E-state index >= 15 is 0 Å². The molecule has 2 aromatic rings. The van der Waals surface area contributed by atoms with Crippen molar-refractivity contribution >= 4 is 29.0 Å². The number of benzene rings is 1. The van der Waals surface area contributed by atoms with Gasteiger partial charge in [-0.15, -0.1) is 0 Å². The van der Waals surface area contributed by atoms with Crippen LogP contribution in [0.15, 0.2) is 29.1 Å². The number of rotatable bonds is 11. The van der Waals surface area contributed by atoms with Gasteiger partial charge in [0.15, 0.2) is 4.77 Å². The number of unbranched alkanes of at least 4 members (excludes halogenated alkanes) is 6. The average molecular weight is 376 g/mol. The molecule has 26 heavy (non-hydrogen) atoms. The Balaban J connectivity index is 1.75. The molecule has 0 saturated carbocycles. The summed E-state index contributed by atoms with van der Waals surface area (Å²) in [4.78, 5) is 27.6. The largest absolute Gasteiger partial charge is 0.356 e. The highest BCUT2D eigenvalue weighted by molar-refractivity contribution is 7.71. The molecule has 0 aliphatic rings. The van der Waals surface area contributed by atoms with Crippen molar-refractivity contribution in [3.63, 3.8) is 0 Å². The molecule has 1 heterocycles. The lowest BCUT2D eigenvalue weighted by molar-refractivity contribution is -0.121. The summed E-state index contributed by atoms with van der Waals surface area (Å²) in [6.07, 6.45) is 8.82. The predicted octanol–water partition coefficient (Wildman–Crippen LogP) is 4.32. The molecule has 6 heteroatoms. The number of para-hydroxylation sites is 1. The van der Waals surface area contributed by atoms with Crippen molar-refractivity contribution in [2.45, 2.75) is 64.8 Å². The van der Waals surface area contributed by atoms with E-state index in [-0.39, 0.29) is 17.9 Å². The van der Waals surface area contributed by atoms with Crippen LogP contribution >= 0.6 is 12.2 Å². The van der Waals surface area contributed by atoms with Crippen LogP contribution in [0.3, 0.4) is 0 Å². The molecule has 0 spiro atoms. The van der Waals surface area contributed by atoms with Crippen molar-refractivity contribution in [2.75, 3.05) is 6.54 Å². The third-order valence-electron chi connectivity index (χ3n) is 4.55. The number of nitrogens with one attached hydrogen (secondary N) is 2. The Morgan fingerprint density at radius 2 is 1.81 bits per heavy atom. The SMILES string of the molecule is CCCCCCCCCNC(=O)CCn1c(=S)[nH]c2ccccc2c1=O. The van der Waals surface area contributed by atoms with Gasteiger partial charge in [0, 0.05) is 19.5 Å². The standard InChI is InChI=1S/C20H29N3O2S/c1-2-3-4-5-6-7-10-14-21-18(24)13-15-23-19(25)16-11-8-9-12-17(16)22-20(23)26/h8-9,11-12H,2-7,10,13-15H2,1H3,(H,21,24)(H,22,26).